The fourth-order valence-electron chi connectivity index (χ4n) is 3.98. The largest absolute Gasteiger partial charge is 0.465 e. The highest BCUT2D eigenvalue weighted by Crippen LogP contribution is 2.23. The molecule has 6 heteroatoms. The number of piperazine rings is 1. The number of H-pyrrole nitrogens is 1. The molecule has 2 heterocycles. The van der Waals surface area contributed by atoms with Gasteiger partial charge in [0.05, 0.1) is 12.7 Å². The maximum atomic E-state index is 13.2. The van der Waals surface area contributed by atoms with Gasteiger partial charge in [-0.25, -0.2) is 4.79 Å². The van der Waals surface area contributed by atoms with Crippen molar-refractivity contribution < 1.29 is 14.3 Å². The minimum atomic E-state index is -0.398. The number of carbonyl (C=O) groups is 2. The SMILES string of the molecule is CCc1[nH]c(C(=O)N2CCN(Cc3ccccc3)C[C@H]2C)c(C)c1C(=O)OC. The predicted octanol–water partition coefficient (Wildman–Crippen LogP) is 3.02. The van der Waals surface area contributed by atoms with Gasteiger partial charge in [-0.15, -0.1) is 0 Å². The number of benzene rings is 1. The van der Waals surface area contributed by atoms with E-state index in [0.717, 1.165) is 25.3 Å². The van der Waals surface area contributed by atoms with E-state index in [2.05, 4.69) is 41.1 Å². The zero-order chi connectivity index (χ0) is 20.3. The van der Waals surface area contributed by atoms with Crippen molar-refractivity contribution in [2.75, 3.05) is 26.7 Å². The van der Waals surface area contributed by atoms with Crippen molar-refractivity contribution in [2.24, 2.45) is 0 Å². The molecule has 0 unspecified atom stereocenters. The molecule has 1 amide bonds. The van der Waals surface area contributed by atoms with Crippen LogP contribution in [0.3, 0.4) is 0 Å². The molecule has 1 saturated heterocycles. The van der Waals surface area contributed by atoms with Gasteiger partial charge in [-0.1, -0.05) is 37.3 Å². The topological polar surface area (TPSA) is 65.6 Å². The third-order valence-corrected chi connectivity index (χ3v) is 5.51. The fraction of sp³-hybridized carbons (Fsp3) is 0.455. The van der Waals surface area contributed by atoms with Crippen LogP contribution in [0.15, 0.2) is 30.3 Å². The van der Waals surface area contributed by atoms with Crippen LogP contribution >= 0.6 is 0 Å². The van der Waals surface area contributed by atoms with E-state index in [-0.39, 0.29) is 11.9 Å². The summed E-state index contributed by atoms with van der Waals surface area (Å²) >= 11 is 0. The third-order valence-electron chi connectivity index (χ3n) is 5.51. The molecule has 150 valence electrons. The van der Waals surface area contributed by atoms with Crippen molar-refractivity contribution in [1.29, 1.82) is 0 Å². The smallest absolute Gasteiger partial charge is 0.339 e. The van der Waals surface area contributed by atoms with Crippen molar-refractivity contribution in [2.45, 2.75) is 39.8 Å². The maximum absolute atomic E-state index is 13.2. The van der Waals surface area contributed by atoms with Crippen LogP contribution in [-0.4, -0.2) is 59.4 Å². The summed E-state index contributed by atoms with van der Waals surface area (Å²) in [6.07, 6.45) is 0.638. The molecule has 1 atom stereocenters. The monoisotopic (exact) mass is 383 g/mol. The van der Waals surface area contributed by atoms with E-state index in [1.54, 1.807) is 0 Å². The summed E-state index contributed by atoms with van der Waals surface area (Å²) < 4.78 is 4.90. The van der Waals surface area contributed by atoms with E-state index in [4.69, 9.17) is 4.74 Å². The summed E-state index contributed by atoms with van der Waals surface area (Å²) in [5, 5.41) is 0. The molecule has 1 fully saturated rings. The molecule has 1 N–H and O–H groups in total. The lowest BCUT2D eigenvalue weighted by Crippen LogP contribution is -2.53. The maximum Gasteiger partial charge on any atom is 0.339 e. The third kappa shape index (κ3) is 3.97. The normalized spacial score (nSPS) is 17.6. The van der Waals surface area contributed by atoms with E-state index in [0.29, 0.717) is 29.8 Å². The number of esters is 1. The number of nitrogens with one attached hydrogen (secondary N) is 1. The Morgan fingerprint density at radius 3 is 2.54 bits per heavy atom. The van der Waals surface area contributed by atoms with Gasteiger partial charge in [-0.2, -0.15) is 0 Å². The molecule has 0 spiro atoms. The Morgan fingerprint density at radius 2 is 1.93 bits per heavy atom. The Balaban J connectivity index is 1.74. The van der Waals surface area contributed by atoms with Crippen LogP contribution in [0.2, 0.25) is 0 Å². The highest BCUT2D eigenvalue weighted by molar-refractivity contribution is 6.00. The van der Waals surface area contributed by atoms with Crippen molar-refractivity contribution in [3.05, 3.63) is 58.4 Å². The number of carbonyl (C=O) groups excluding carboxylic acids is 2. The summed E-state index contributed by atoms with van der Waals surface area (Å²) in [6.45, 7) is 9.05. The Kier molecular flexibility index (Phi) is 6.19. The second-order valence-corrected chi connectivity index (χ2v) is 7.39. The van der Waals surface area contributed by atoms with E-state index >= 15 is 0 Å². The number of nitrogens with zero attached hydrogens (tertiary/aromatic N) is 2. The number of aryl methyl sites for hydroxylation is 1. The predicted molar refractivity (Wildman–Crippen MR) is 108 cm³/mol. The standard InChI is InChI=1S/C22H29N3O3/c1-5-18-19(22(27)28-4)16(3)20(23-18)21(26)25-12-11-24(13-15(25)2)14-17-9-7-6-8-10-17/h6-10,15,23H,5,11-14H2,1-4H3/t15-/m1/s1. The lowest BCUT2D eigenvalue weighted by Gasteiger charge is -2.39. The number of hydrogen-bond acceptors (Lipinski definition) is 4. The minimum absolute atomic E-state index is 0.0470. The zero-order valence-corrected chi connectivity index (χ0v) is 17.1. The number of amides is 1. The summed E-state index contributed by atoms with van der Waals surface area (Å²) in [7, 11) is 1.36. The second-order valence-electron chi connectivity index (χ2n) is 7.39. The van der Waals surface area contributed by atoms with Gasteiger partial charge in [0.25, 0.3) is 5.91 Å². The van der Waals surface area contributed by atoms with Gasteiger partial charge in [0.15, 0.2) is 0 Å². The number of hydrogen-bond donors (Lipinski definition) is 1. The Labute approximate surface area is 166 Å². The highest BCUT2D eigenvalue weighted by Gasteiger charge is 2.31. The molecule has 3 rings (SSSR count). The average molecular weight is 383 g/mol. The van der Waals surface area contributed by atoms with Crippen LogP contribution in [0.4, 0.5) is 0 Å². The molecular formula is C22H29N3O3. The number of ether oxygens (including phenoxy) is 1. The first-order valence-electron chi connectivity index (χ1n) is 9.83. The number of methoxy groups -OCH3 is 1. The fourth-order valence-corrected chi connectivity index (χ4v) is 3.98. The van der Waals surface area contributed by atoms with Crippen LogP contribution in [-0.2, 0) is 17.7 Å². The average Bonchev–Trinajstić information content (AvgIpc) is 3.04. The first-order valence-corrected chi connectivity index (χ1v) is 9.83. The van der Waals surface area contributed by atoms with Gasteiger partial charge < -0.3 is 14.6 Å². The molecule has 0 saturated carbocycles. The van der Waals surface area contributed by atoms with Crippen LogP contribution in [0.5, 0.6) is 0 Å². The van der Waals surface area contributed by atoms with Crippen LogP contribution in [0, 0.1) is 6.92 Å². The van der Waals surface area contributed by atoms with E-state index in [1.807, 2.05) is 24.8 Å². The van der Waals surface area contributed by atoms with Crippen molar-refractivity contribution >= 4 is 11.9 Å². The quantitative estimate of drug-likeness (QED) is 0.806. The Bertz CT molecular complexity index is 844. The summed E-state index contributed by atoms with van der Waals surface area (Å²) in [6, 6.07) is 10.5. The first-order chi connectivity index (χ1) is 13.5. The molecule has 2 aromatic rings. The molecular weight excluding hydrogens is 354 g/mol. The van der Waals surface area contributed by atoms with E-state index < -0.39 is 5.97 Å². The molecule has 0 aliphatic carbocycles. The van der Waals surface area contributed by atoms with Gasteiger partial charge in [-0.3, -0.25) is 9.69 Å². The lowest BCUT2D eigenvalue weighted by atomic mass is 10.1. The molecule has 0 radical (unpaired) electrons. The minimum Gasteiger partial charge on any atom is -0.465 e. The first kappa shape index (κ1) is 20.1. The van der Waals surface area contributed by atoms with Gasteiger partial charge in [-0.05, 0) is 31.4 Å². The van der Waals surface area contributed by atoms with Crippen molar-refractivity contribution in [3.8, 4) is 0 Å². The van der Waals surface area contributed by atoms with Crippen molar-refractivity contribution in [1.82, 2.24) is 14.8 Å². The van der Waals surface area contributed by atoms with E-state index in [9.17, 15) is 9.59 Å². The highest BCUT2D eigenvalue weighted by atomic mass is 16.5. The number of aromatic amines is 1. The number of rotatable bonds is 5. The van der Waals surface area contributed by atoms with Gasteiger partial charge in [0.1, 0.15) is 5.69 Å². The van der Waals surface area contributed by atoms with Crippen LogP contribution < -0.4 is 0 Å². The summed E-state index contributed by atoms with van der Waals surface area (Å²) in [4.78, 5) is 32.8. The summed E-state index contributed by atoms with van der Waals surface area (Å²) in [5.41, 5.74) is 3.70. The molecule has 1 aromatic heterocycles. The summed E-state index contributed by atoms with van der Waals surface area (Å²) in [5.74, 6) is -0.445. The zero-order valence-electron chi connectivity index (χ0n) is 17.1. The van der Waals surface area contributed by atoms with Gasteiger partial charge in [0, 0.05) is 37.9 Å². The van der Waals surface area contributed by atoms with Gasteiger partial charge in [0.2, 0.25) is 0 Å². The van der Waals surface area contributed by atoms with Gasteiger partial charge >= 0.3 is 5.97 Å². The second kappa shape index (κ2) is 8.61. The van der Waals surface area contributed by atoms with Crippen molar-refractivity contribution in [3.63, 3.8) is 0 Å². The molecule has 1 aliphatic rings. The van der Waals surface area contributed by atoms with E-state index in [1.165, 1.54) is 12.7 Å². The van der Waals surface area contributed by atoms with Crippen LogP contribution in [0.1, 0.15) is 51.5 Å². The number of aromatic nitrogens is 1. The lowest BCUT2D eigenvalue weighted by molar-refractivity contribution is 0.0470. The molecule has 1 aromatic carbocycles. The Morgan fingerprint density at radius 1 is 1.21 bits per heavy atom. The molecule has 28 heavy (non-hydrogen) atoms. The Hall–Kier alpha value is -2.60. The molecule has 1 aliphatic heterocycles. The molecule has 0 bridgehead atoms. The molecule has 6 nitrogen and oxygen atoms in total. The van der Waals surface area contributed by atoms with Crippen LogP contribution in [0.25, 0.3) is 0 Å².